The highest BCUT2D eigenvalue weighted by atomic mass is 32.1. The maximum absolute atomic E-state index is 13.2. The third-order valence-corrected chi connectivity index (χ3v) is 7.40. The summed E-state index contributed by atoms with van der Waals surface area (Å²) in [5.41, 5.74) is 3.36. The van der Waals surface area contributed by atoms with Gasteiger partial charge in [0.15, 0.2) is 0 Å². The van der Waals surface area contributed by atoms with Gasteiger partial charge in [0.2, 0.25) is 0 Å². The molecule has 2 aromatic heterocycles. The van der Waals surface area contributed by atoms with Crippen LogP contribution in [-0.4, -0.2) is 53.1 Å². The highest BCUT2D eigenvalue weighted by molar-refractivity contribution is 7.07. The number of likely N-dealkylation sites (tertiary alicyclic amines) is 1. The SMILES string of the molecule is CN(Cc1ccsc1)Cc1ccc2n(c1=O)C[C@H]1C[C@@H]2CN(C(=O)[C@@H]2CCCO2)C1. The van der Waals surface area contributed by atoms with Crippen molar-refractivity contribution < 1.29 is 9.53 Å². The molecule has 5 rings (SSSR count). The Morgan fingerprint density at radius 3 is 2.90 bits per heavy atom. The first-order chi connectivity index (χ1) is 14.6. The number of hydrogen-bond donors (Lipinski definition) is 0. The molecule has 3 aliphatic heterocycles. The Kier molecular flexibility index (Phi) is 5.52. The largest absolute Gasteiger partial charge is 0.368 e. The number of pyridine rings is 1. The van der Waals surface area contributed by atoms with Crippen molar-refractivity contribution in [2.45, 2.75) is 50.9 Å². The first-order valence-electron chi connectivity index (χ1n) is 10.9. The van der Waals surface area contributed by atoms with Crippen molar-refractivity contribution in [3.63, 3.8) is 0 Å². The van der Waals surface area contributed by atoms with Gasteiger partial charge in [0.05, 0.1) is 0 Å². The van der Waals surface area contributed by atoms with Crippen molar-refractivity contribution in [1.29, 1.82) is 0 Å². The van der Waals surface area contributed by atoms with Crippen LogP contribution in [0.5, 0.6) is 0 Å². The van der Waals surface area contributed by atoms with E-state index in [0.717, 1.165) is 43.6 Å². The Hall–Kier alpha value is -1.96. The number of aromatic nitrogens is 1. The van der Waals surface area contributed by atoms with E-state index in [0.29, 0.717) is 32.2 Å². The normalized spacial score (nSPS) is 25.5. The lowest BCUT2D eigenvalue weighted by Gasteiger charge is -2.43. The van der Waals surface area contributed by atoms with Gasteiger partial charge in [-0.3, -0.25) is 14.5 Å². The molecular weight excluding hydrogens is 398 g/mol. The van der Waals surface area contributed by atoms with Gasteiger partial charge in [-0.05, 0) is 60.7 Å². The van der Waals surface area contributed by atoms with Gasteiger partial charge in [0.25, 0.3) is 11.5 Å². The molecule has 2 saturated heterocycles. The highest BCUT2D eigenvalue weighted by Crippen LogP contribution is 2.36. The number of ether oxygens (including phenoxy) is 1. The maximum Gasteiger partial charge on any atom is 0.255 e. The summed E-state index contributed by atoms with van der Waals surface area (Å²) < 4.78 is 7.60. The molecular formula is C23H29N3O3S. The Bertz CT molecular complexity index is 965. The zero-order valence-corrected chi connectivity index (χ0v) is 18.3. The Labute approximate surface area is 181 Å². The molecule has 0 unspecified atom stereocenters. The average molecular weight is 428 g/mol. The second-order valence-corrected chi connectivity index (χ2v) is 9.83. The molecule has 0 saturated carbocycles. The van der Waals surface area contributed by atoms with Gasteiger partial charge in [-0.15, -0.1) is 0 Å². The van der Waals surface area contributed by atoms with Crippen LogP contribution in [0.1, 0.15) is 42.0 Å². The first-order valence-corrected chi connectivity index (χ1v) is 11.9. The van der Waals surface area contributed by atoms with Crippen LogP contribution < -0.4 is 5.56 Å². The fourth-order valence-electron chi connectivity index (χ4n) is 5.31. The van der Waals surface area contributed by atoms with Crippen LogP contribution in [0, 0.1) is 5.92 Å². The fourth-order valence-corrected chi connectivity index (χ4v) is 5.97. The molecule has 3 atom stereocenters. The molecule has 2 aromatic rings. The second-order valence-electron chi connectivity index (χ2n) is 9.05. The number of piperidine rings is 1. The summed E-state index contributed by atoms with van der Waals surface area (Å²) in [5, 5.41) is 4.24. The number of carbonyl (C=O) groups excluding carboxylic acids is 1. The van der Waals surface area contributed by atoms with E-state index >= 15 is 0 Å². The van der Waals surface area contributed by atoms with Crippen molar-refractivity contribution in [2.24, 2.45) is 5.92 Å². The predicted molar refractivity (Wildman–Crippen MR) is 117 cm³/mol. The summed E-state index contributed by atoms with van der Waals surface area (Å²) in [5.74, 6) is 0.732. The number of hydrogen-bond acceptors (Lipinski definition) is 5. The molecule has 0 N–H and O–H groups in total. The fraction of sp³-hybridized carbons (Fsp3) is 0.565. The maximum atomic E-state index is 13.2. The summed E-state index contributed by atoms with van der Waals surface area (Å²) in [6.45, 7) is 4.33. The van der Waals surface area contributed by atoms with Gasteiger partial charge in [0, 0.05) is 56.5 Å². The number of nitrogens with zero attached hydrogens (tertiary/aromatic N) is 3. The number of rotatable bonds is 5. The van der Waals surface area contributed by atoms with E-state index in [-0.39, 0.29) is 23.5 Å². The van der Waals surface area contributed by atoms with Crippen molar-refractivity contribution in [2.75, 3.05) is 26.7 Å². The predicted octanol–water partition coefficient (Wildman–Crippen LogP) is 2.67. The first kappa shape index (κ1) is 20.0. The molecule has 0 aliphatic carbocycles. The van der Waals surface area contributed by atoms with Gasteiger partial charge in [-0.25, -0.2) is 0 Å². The Balaban J connectivity index is 1.32. The summed E-state index contributed by atoms with van der Waals surface area (Å²) in [7, 11) is 2.06. The van der Waals surface area contributed by atoms with Crippen LogP contribution in [-0.2, 0) is 29.2 Å². The van der Waals surface area contributed by atoms with Crippen molar-refractivity contribution >= 4 is 17.2 Å². The average Bonchev–Trinajstić information content (AvgIpc) is 3.44. The van der Waals surface area contributed by atoms with E-state index in [4.69, 9.17) is 4.74 Å². The summed E-state index contributed by atoms with van der Waals surface area (Å²) in [6.07, 6.45) is 2.61. The number of fused-ring (bicyclic) bond motifs is 4. The zero-order chi connectivity index (χ0) is 20.7. The quantitative estimate of drug-likeness (QED) is 0.736. The zero-order valence-electron chi connectivity index (χ0n) is 17.5. The van der Waals surface area contributed by atoms with Crippen molar-refractivity contribution in [3.05, 3.63) is 56.1 Å². The van der Waals surface area contributed by atoms with Crippen LogP contribution >= 0.6 is 11.3 Å². The summed E-state index contributed by atoms with van der Waals surface area (Å²) in [4.78, 5) is 30.3. The number of carbonyl (C=O) groups is 1. The van der Waals surface area contributed by atoms with Crippen LogP contribution in [0.2, 0.25) is 0 Å². The Morgan fingerprint density at radius 2 is 2.13 bits per heavy atom. The highest BCUT2D eigenvalue weighted by Gasteiger charge is 2.39. The molecule has 6 nitrogen and oxygen atoms in total. The Morgan fingerprint density at radius 1 is 1.23 bits per heavy atom. The van der Waals surface area contributed by atoms with Gasteiger partial charge in [-0.1, -0.05) is 6.07 Å². The molecule has 5 heterocycles. The topological polar surface area (TPSA) is 54.8 Å². The van der Waals surface area contributed by atoms with E-state index in [1.54, 1.807) is 11.3 Å². The van der Waals surface area contributed by atoms with Gasteiger partial charge in [-0.2, -0.15) is 11.3 Å². The molecule has 3 aliphatic rings. The van der Waals surface area contributed by atoms with Crippen LogP contribution in [0.25, 0.3) is 0 Å². The third kappa shape index (κ3) is 3.86. The van der Waals surface area contributed by atoms with Crippen molar-refractivity contribution in [3.8, 4) is 0 Å². The molecule has 2 bridgehead atoms. The summed E-state index contributed by atoms with van der Waals surface area (Å²) in [6, 6.07) is 6.25. The van der Waals surface area contributed by atoms with Crippen LogP contribution in [0.15, 0.2) is 33.8 Å². The van der Waals surface area contributed by atoms with E-state index in [1.807, 2.05) is 15.5 Å². The van der Waals surface area contributed by atoms with Crippen molar-refractivity contribution in [1.82, 2.24) is 14.4 Å². The van der Waals surface area contributed by atoms with Crippen LogP contribution in [0.3, 0.4) is 0 Å². The molecule has 1 amide bonds. The number of amides is 1. The van der Waals surface area contributed by atoms with E-state index in [9.17, 15) is 9.59 Å². The summed E-state index contributed by atoms with van der Waals surface area (Å²) >= 11 is 1.70. The lowest BCUT2D eigenvalue weighted by molar-refractivity contribution is -0.143. The number of thiophene rings is 1. The molecule has 160 valence electrons. The van der Waals surface area contributed by atoms with Gasteiger partial charge >= 0.3 is 0 Å². The minimum Gasteiger partial charge on any atom is -0.368 e. The smallest absolute Gasteiger partial charge is 0.255 e. The van der Waals surface area contributed by atoms with Crippen LogP contribution in [0.4, 0.5) is 0 Å². The van der Waals surface area contributed by atoms with Gasteiger partial charge in [0.1, 0.15) is 6.10 Å². The van der Waals surface area contributed by atoms with Gasteiger partial charge < -0.3 is 14.2 Å². The second kappa shape index (κ2) is 8.29. The monoisotopic (exact) mass is 427 g/mol. The third-order valence-electron chi connectivity index (χ3n) is 6.67. The molecule has 2 fully saturated rings. The molecule has 30 heavy (non-hydrogen) atoms. The lowest BCUT2D eigenvalue weighted by atomic mass is 9.82. The minimum absolute atomic E-state index is 0.137. The molecule has 0 aromatic carbocycles. The minimum atomic E-state index is -0.257. The van der Waals surface area contributed by atoms with E-state index in [2.05, 4.69) is 34.8 Å². The molecule has 0 radical (unpaired) electrons. The van der Waals surface area contributed by atoms with E-state index in [1.165, 1.54) is 5.56 Å². The molecule has 0 spiro atoms. The van der Waals surface area contributed by atoms with E-state index < -0.39 is 0 Å². The lowest BCUT2D eigenvalue weighted by Crippen LogP contribution is -2.51. The molecule has 7 heteroatoms. The standard InChI is InChI=1S/C23H29N3O3S/c1-24(10-16-6-8-30-15-16)13-18-4-5-20-19-9-17(12-26(20)22(18)27)11-25(14-19)23(28)21-3-2-7-29-21/h4-6,8,15,17,19,21H,2-3,7,9-14H2,1H3/t17-,19+,21-/m0/s1.